The first kappa shape index (κ1) is 18.7. The van der Waals surface area contributed by atoms with Crippen LogP contribution in [0.5, 0.6) is 0 Å². The van der Waals surface area contributed by atoms with Gasteiger partial charge in [-0.15, -0.1) is 11.3 Å². The molecular formula is C23H17N3O2S2. The summed E-state index contributed by atoms with van der Waals surface area (Å²) < 4.78 is 0. The zero-order valence-electron chi connectivity index (χ0n) is 15.8. The molecule has 4 aromatic rings. The van der Waals surface area contributed by atoms with E-state index in [0.29, 0.717) is 17.2 Å². The van der Waals surface area contributed by atoms with E-state index in [0.717, 1.165) is 22.3 Å². The Balaban J connectivity index is 1.49. The van der Waals surface area contributed by atoms with Crippen molar-refractivity contribution in [2.45, 2.75) is 12.6 Å². The first-order chi connectivity index (χ1) is 14.7. The van der Waals surface area contributed by atoms with Gasteiger partial charge < -0.3 is 4.90 Å². The molecule has 7 heteroatoms. The van der Waals surface area contributed by atoms with E-state index in [2.05, 4.69) is 15.7 Å². The minimum atomic E-state index is -0.736. The third-order valence-corrected chi connectivity index (χ3v) is 6.51. The zero-order valence-corrected chi connectivity index (χ0v) is 17.5. The molecule has 3 heterocycles. The molecule has 0 unspecified atom stereocenters. The van der Waals surface area contributed by atoms with Crippen molar-refractivity contribution in [3.63, 3.8) is 0 Å². The van der Waals surface area contributed by atoms with Crippen LogP contribution in [0.15, 0.2) is 76.9 Å². The van der Waals surface area contributed by atoms with E-state index in [1.807, 2.05) is 60.0 Å². The normalized spacial score (nSPS) is 13.9. The van der Waals surface area contributed by atoms with E-state index < -0.39 is 6.04 Å². The van der Waals surface area contributed by atoms with E-state index in [-0.39, 0.29) is 11.8 Å². The molecule has 148 valence electrons. The molecule has 5 rings (SSSR count). The van der Waals surface area contributed by atoms with Crippen LogP contribution < -0.4 is 5.32 Å². The Morgan fingerprint density at radius 3 is 2.67 bits per heavy atom. The number of hydrogen-bond donors (Lipinski definition) is 1. The third kappa shape index (κ3) is 3.42. The highest BCUT2D eigenvalue weighted by Gasteiger charge is 2.37. The van der Waals surface area contributed by atoms with Crippen molar-refractivity contribution in [1.29, 1.82) is 0 Å². The van der Waals surface area contributed by atoms with Crippen LogP contribution in [0.25, 0.3) is 11.1 Å². The second-order valence-electron chi connectivity index (χ2n) is 6.96. The number of fused-ring (bicyclic) bond motifs is 1. The molecule has 0 radical (unpaired) electrons. The molecule has 2 amide bonds. The monoisotopic (exact) mass is 431 g/mol. The lowest BCUT2D eigenvalue weighted by molar-refractivity contribution is -0.120. The van der Waals surface area contributed by atoms with Gasteiger partial charge >= 0.3 is 0 Å². The summed E-state index contributed by atoms with van der Waals surface area (Å²) in [6.45, 7) is 0.392. The summed E-state index contributed by atoms with van der Waals surface area (Å²) in [5.74, 6) is -0.402. The molecule has 5 nitrogen and oxygen atoms in total. The van der Waals surface area contributed by atoms with E-state index in [1.54, 1.807) is 27.8 Å². The molecule has 0 spiro atoms. The van der Waals surface area contributed by atoms with Gasteiger partial charge in [-0.2, -0.15) is 11.3 Å². The number of nitrogens with one attached hydrogen (secondary N) is 1. The molecule has 30 heavy (non-hydrogen) atoms. The first-order valence-corrected chi connectivity index (χ1v) is 11.2. The Bertz CT molecular complexity index is 1190. The number of thiophene rings is 1. The van der Waals surface area contributed by atoms with Crippen molar-refractivity contribution < 1.29 is 9.59 Å². The lowest BCUT2D eigenvalue weighted by Gasteiger charge is -2.27. The first-order valence-electron chi connectivity index (χ1n) is 9.42. The summed E-state index contributed by atoms with van der Waals surface area (Å²) >= 11 is 2.97. The largest absolute Gasteiger partial charge is 0.318 e. The Morgan fingerprint density at radius 1 is 1.07 bits per heavy atom. The number of amides is 2. The van der Waals surface area contributed by atoms with Gasteiger partial charge in [0.1, 0.15) is 6.04 Å². The predicted molar refractivity (Wildman–Crippen MR) is 120 cm³/mol. The highest BCUT2D eigenvalue weighted by Crippen LogP contribution is 2.35. The van der Waals surface area contributed by atoms with Gasteiger partial charge in [0.2, 0.25) is 0 Å². The number of aromatic nitrogens is 1. The summed E-state index contributed by atoms with van der Waals surface area (Å²) in [6.07, 6.45) is 1.64. The van der Waals surface area contributed by atoms with Crippen LogP contribution in [-0.2, 0) is 11.3 Å². The van der Waals surface area contributed by atoms with Gasteiger partial charge in [-0.05, 0) is 45.1 Å². The fourth-order valence-electron chi connectivity index (χ4n) is 3.71. The predicted octanol–water partition coefficient (Wildman–Crippen LogP) is 5.21. The van der Waals surface area contributed by atoms with Crippen LogP contribution in [0.4, 0.5) is 5.13 Å². The molecule has 0 saturated heterocycles. The number of carbonyl (C=O) groups is 2. The maximum absolute atomic E-state index is 13.4. The van der Waals surface area contributed by atoms with Gasteiger partial charge in [0.25, 0.3) is 11.8 Å². The number of anilines is 1. The number of benzene rings is 2. The van der Waals surface area contributed by atoms with Crippen LogP contribution in [0, 0.1) is 0 Å². The van der Waals surface area contributed by atoms with Gasteiger partial charge in [0, 0.05) is 23.7 Å². The fraction of sp³-hybridized carbons (Fsp3) is 0.0870. The maximum Gasteiger partial charge on any atom is 0.255 e. The standard InChI is InChI=1S/C23H17N3O2S2/c27-21(25-23-24-9-11-30-23)20(15-4-2-1-3-5-15)26-13-17-7-6-16(12-19(17)22(26)28)18-8-10-29-14-18/h1-12,14,20H,13H2,(H,24,25,27)/t20-/m1/s1. The SMILES string of the molecule is O=C(Nc1nccs1)[C@@H](c1ccccc1)N1Cc2ccc(-c3ccsc3)cc2C1=O. The van der Waals surface area contributed by atoms with E-state index >= 15 is 0 Å². The quantitative estimate of drug-likeness (QED) is 0.472. The topological polar surface area (TPSA) is 62.3 Å². The molecule has 0 bridgehead atoms. The Morgan fingerprint density at radius 2 is 1.93 bits per heavy atom. The van der Waals surface area contributed by atoms with Crippen LogP contribution in [0.2, 0.25) is 0 Å². The van der Waals surface area contributed by atoms with Crippen LogP contribution in [0.1, 0.15) is 27.5 Å². The van der Waals surface area contributed by atoms with E-state index in [1.165, 1.54) is 11.3 Å². The maximum atomic E-state index is 13.4. The van der Waals surface area contributed by atoms with Crippen molar-refractivity contribution in [3.05, 3.63) is 93.6 Å². The van der Waals surface area contributed by atoms with Crippen molar-refractivity contribution in [3.8, 4) is 11.1 Å². The zero-order chi connectivity index (χ0) is 20.5. The molecule has 0 aliphatic carbocycles. The Hall–Kier alpha value is -3.29. The lowest BCUT2D eigenvalue weighted by Crippen LogP contribution is -2.37. The molecule has 2 aromatic carbocycles. The molecule has 1 N–H and O–H groups in total. The Labute approximate surface area is 181 Å². The minimum absolute atomic E-state index is 0.134. The third-order valence-electron chi connectivity index (χ3n) is 5.13. The lowest BCUT2D eigenvalue weighted by atomic mass is 10.0. The van der Waals surface area contributed by atoms with Crippen molar-refractivity contribution in [2.75, 3.05) is 5.32 Å². The summed E-state index contributed by atoms with van der Waals surface area (Å²) in [6, 6.07) is 16.7. The highest BCUT2D eigenvalue weighted by molar-refractivity contribution is 7.13. The average Bonchev–Trinajstić information content (AvgIpc) is 3.52. The average molecular weight is 432 g/mol. The molecule has 2 aromatic heterocycles. The van der Waals surface area contributed by atoms with Crippen LogP contribution >= 0.6 is 22.7 Å². The molecule has 1 aliphatic rings. The van der Waals surface area contributed by atoms with Gasteiger partial charge in [-0.3, -0.25) is 14.9 Å². The summed E-state index contributed by atoms with van der Waals surface area (Å²) in [4.78, 5) is 32.4. The smallest absolute Gasteiger partial charge is 0.255 e. The van der Waals surface area contributed by atoms with Gasteiger partial charge in [0.05, 0.1) is 0 Å². The number of thiazole rings is 1. The number of nitrogens with zero attached hydrogens (tertiary/aromatic N) is 2. The van der Waals surface area contributed by atoms with Crippen molar-refractivity contribution >= 4 is 39.6 Å². The minimum Gasteiger partial charge on any atom is -0.318 e. The number of carbonyl (C=O) groups excluding carboxylic acids is 2. The van der Waals surface area contributed by atoms with Crippen molar-refractivity contribution in [1.82, 2.24) is 9.88 Å². The van der Waals surface area contributed by atoms with E-state index in [4.69, 9.17) is 0 Å². The van der Waals surface area contributed by atoms with Crippen LogP contribution in [0.3, 0.4) is 0 Å². The molecule has 1 atom stereocenters. The van der Waals surface area contributed by atoms with Gasteiger partial charge in [0.15, 0.2) is 5.13 Å². The molecule has 1 aliphatic heterocycles. The summed E-state index contributed by atoms with van der Waals surface area (Å²) in [7, 11) is 0. The second-order valence-corrected chi connectivity index (χ2v) is 8.63. The number of rotatable bonds is 5. The van der Waals surface area contributed by atoms with Crippen LogP contribution in [-0.4, -0.2) is 21.7 Å². The second kappa shape index (κ2) is 7.85. The molecular weight excluding hydrogens is 414 g/mol. The molecule has 0 saturated carbocycles. The van der Waals surface area contributed by atoms with Gasteiger partial charge in [-0.25, -0.2) is 4.98 Å². The fourth-order valence-corrected chi connectivity index (χ4v) is 4.90. The van der Waals surface area contributed by atoms with E-state index in [9.17, 15) is 9.59 Å². The number of hydrogen-bond acceptors (Lipinski definition) is 5. The van der Waals surface area contributed by atoms with Gasteiger partial charge in [-0.1, -0.05) is 42.5 Å². The molecule has 0 fully saturated rings. The highest BCUT2D eigenvalue weighted by atomic mass is 32.1. The Kier molecular flexibility index (Phi) is 4.90. The summed E-state index contributed by atoms with van der Waals surface area (Å²) in [5, 5.41) is 9.26. The van der Waals surface area contributed by atoms with Crippen molar-refractivity contribution in [2.24, 2.45) is 0 Å². The summed E-state index contributed by atoms with van der Waals surface area (Å²) in [5.41, 5.74) is 4.46.